The first-order valence-corrected chi connectivity index (χ1v) is 8.40. The van der Waals surface area contributed by atoms with Crippen molar-refractivity contribution in [3.05, 3.63) is 88.7 Å². The molecule has 2 N–H and O–H groups in total. The van der Waals surface area contributed by atoms with Gasteiger partial charge in [-0.25, -0.2) is 4.39 Å². The summed E-state index contributed by atoms with van der Waals surface area (Å²) in [5, 5.41) is 13.2. The third-order valence-corrected chi connectivity index (χ3v) is 4.53. The number of benzene rings is 2. The molecule has 0 fully saturated rings. The van der Waals surface area contributed by atoms with Gasteiger partial charge in [-0.3, -0.25) is 0 Å². The molecule has 2 aromatic carbocycles. The van der Waals surface area contributed by atoms with E-state index in [1.165, 1.54) is 30.3 Å². The van der Waals surface area contributed by atoms with E-state index in [2.05, 4.69) is 5.10 Å². The minimum absolute atomic E-state index is 0.130. The first-order chi connectivity index (χ1) is 13.8. The molecule has 0 spiro atoms. The summed E-state index contributed by atoms with van der Waals surface area (Å²) < 4.78 is 62.5. The lowest BCUT2D eigenvalue weighted by molar-refractivity contribution is -0.142. The molecule has 9 heteroatoms. The molecular formula is C20H12F4N4O. The Morgan fingerprint density at radius 2 is 1.72 bits per heavy atom. The number of hydrogen-bond donors (Lipinski definition) is 1. The zero-order chi connectivity index (χ0) is 20.8. The van der Waals surface area contributed by atoms with Gasteiger partial charge in [0.1, 0.15) is 17.5 Å². The first kappa shape index (κ1) is 18.6. The van der Waals surface area contributed by atoms with Crippen LogP contribution in [-0.4, -0.2) is 9.78 Å². The fraction of sp³-hybridized carbons (Fsp3) is 0.100. The van der Waals surface area contributed by atoms with Crippen molar-refractivity contribution in [1.82, 2.24) is 9.78 Å². The lowest BCUT2D eigenvalue weighted by Crippen LogP contribution is -2.24. The molecule has 146 valence electrons. The highest BCUT2D eigenvalue weighted by atomic mass is 19.4. The monoisotopic (exact) mass is 400 g/mol. The number of rotatable bonds is 2. The van der Waals surface area contributed by atoms with Crippen LogP contribution in [0.4, 0.5) is 17.6 Å². The quantitative estimate of drug-likeness (QED) is 0.653. The predicted octanol–water partition coefficient (Wildman–Crippen LogP) is 4.25. The van der Waals surface area contributed by atoms with E-state index in [9.17, 15) is 22.8 Å². The maximum atomic E-state index is 14.5. The van der Waals surface area contributed by atoms with Crippen LogP contribution in [0.3, 0.4) is 0 Å². The van der Waals surface area contributed by atoms with E-state index in [1.54, 1.807) is 24.3 Å². The standard InChI is InChI=1S/C20H12F4N4O/c21-14-9-5-4-8-12(14)15-13(10-25)18(26)29-19-16(15)17(20(22,23)24)27-28(19)11-6-2-1-3-7-11/h1-9,15H,26H2/t15-/m0/s1. The number of hydrogen-bond acceptors (Lipinski definition) is 4. The maximum Gasteiger partial charge on any atom is 0.435 e. The first-order valence-electron chi connectivity index (χ1n) is 8.40. The number of alkyl halides is 3. The average Bonchev–Trinajstić information content (AvgIpc) is 3.07. The lowest BCUT2D eigenvalue weighted by Gasteiger charge is -2.25. The summed E-state index contributed by atoms with van der Waals surface area (Å²) in [6.45, 7) is 0. The fourth-order valence-corrected chi connectivity index (χ4v) is 3.31. The second kappa shape index (κ2) is 6.67. The highest BCUT2D eigenvalue weighted by Crippen LogP contribution is 2.49. The molecule has 0 unspecified atom stereocenters. The van der Waals surface area contributed by atoms with Crippen molar-refractivity contribution >= 4 is 0 Å². The second-order valence-electron chi connectivity index (χ2n) is 6.26. The van der Waals surface area contributed by atoms with Gasteiger partial charge in [-0.05, 0) is 18.2 Å². The number of fused-ring (bicyclic) bond motifs is 1. The third kappa shape index (κ3) is 2.99. The molecule has 5 nitrogen and oxygen atoms in total. The Morgan fingerprint density at radius 3 is 2.34 bits per heavy atom. The molecule has 0 amide bonds. The largest absolute Gasteiger partial charge is 0.435 e. The normalized spacial score (nSPS) is 16.2. The van der Waals surface area contributed by atoms with Gasteiger partial charge in [-0.15, -0.1) is 0 Å². The zero-order valence-corrected chi connectivity index (χ0v) is 14.6. The molecule has 0 radical (unpaired) electrons. The lowest BCUT2D eigenvalue weighted by atomic mass is 9.83. The van der Waals surface area contributed by atoms with E-state index in [-0.39, 0.29) is 17.0 Å². The number of allylic oxidation sites excluding steroid dienone is 1. The third-order valence-electron chi connectivity index (χ3n) is 4.53. The van der Waals surface area contributed by atoms with E-state index < -0.39 is 35.1 Å². The summed E-state index contributed by atoms with van der Waals surface area (Å²) in [4.78, 5) is 0. The molecule has 0 bridgehead atoms. The van der Waals surface area contributed by atoms with Crippen molar-refractivity contribution in [1.29, 1.82) is 5.26 Å². The number of halogens is 4. The topological polar surface area (TPSA) is 76.9 Å². The van der Waals surface area contributed by atoms with Gasteiger partial charge in [0.15, 0.2) is 5.69 Å². The Balaban J connectivity index is 2.07. The summed E-state index contributed by atoms with van der Waals surface area (Å²) >= 11 is 0. The maximum absolute atomic E-state index is 14.5. The van der Waals surface area contributed by atoms with Gasteiger partial charge < -0.3 is 10.5 Å². The van der Waals surface area contributed by atoms with E-state index >= 15 is 0 Å². The van der Waals surface area contributed by atoms with Crippen molar-refractivity contribution in [2.24, 2.45) is 5.73 Å². The number of nitrogens with two attached hydrogens (primary N) is 1. The van der Waals surface area contributed by atoms with Crippen molar-refractivity contribution in [3.8, 4) is 17.6 Å². The van der Waals surface area contributed by atoms with Crippen LogP contribution in [0.1, 0.15) is 22.7 Å². The average molecular weight is 400 g/mol. The molecular weight excluding hydrogens is 388 g/mol. The summed E-state index contributed by atoms with van der Waals surface area (Å²) in [6.07, 6.45) is -4.87. The van der Waals surface area contributed by atoms with Crippen molar-refractivity contribution < 1.29 is 22.3 Å². The minimum Gasteiger partial charge on any atom is -0.422 e. The molecule has 4 rings (SSSR count). The van der Waals surface area contributed by atoms with Crippen LogP contribution >= 0.6 is 0 Å². The Morgan fingerprint density at radius 1 is 1.07 bits per heavy atom. The van der Waals surface area contributed by atoms with Gasteiger partial charge in [-0.2, -0.15) is 28.2 Å². The Kier molecular flexibility index (Phi) is 4.27. The number of ether oxygens (including phenoxy) is 1. The Labute approximate surface area is 162 Å². The molecule has 3 aromatic rings. The van der Waals surface area contributed by atoms with E-state index in [1.807, 2.05) is 0 Å². The van der Waals surface area contributed by atoms with E-state index in [4.69, 9.17) is 10.5 Å². The minimum atomic E-state index is -4.87. The van der Waals surface area contributed by atoms with E-state index in [0.717, 1.165) is 10.7 Å². The van der Waals surface area contributed by atoms with Crippen LogP contribution in [0, 0.1) is 17.1 Å². The molecule has 2 heterocycles. The van der Waals surface area contributed by atoms with Crippen LogP contribution in [0.25, 0.3) is 5.69 Å². The smallest absolute Gasteiger partial charge is 0.422 e. The Bertz CT molecular complexity index is 1160. The van der Waals surface area contributed by atoms with Crippen LogP contribution < -0.4 is 10.5 Å². The van der Waals surface area contributed by atoms with Crippen molar-refractivity contribution in [2.45, 2.75) is 12.1 Å². The number of para-hydroxylation sites is 1. The SMILES string of the molecule is N#CC1=C(N)Oc2c(c(C(F)(F)F)nn2-c2ccccc2)[C@H]1c1ccccc1F. The summed E-state index contributed by atoms with van der Waals surface area (Å²) in [6, 6.07) is 15.0. The van der Waals surface area contributed by atoms with Crippen molar-refractivity contribution in [3.63, 3.8) is 0 Å². The summed E-state index contributed by atoms with van der Waals surface area (Å²) in [5.41, 5.74) is 3.95. The second-order valence-corrected chi connectivity index (χ2v) is 6.26. The summed E-state index contributed by atoms with van der Waals surface area (Å²) in [5.74, 6) is -2.90. The molecule has 1 aliphatic rings. The molecule has 0 aliphatic carbocycles. The highest BCUT2D eigenvalue weighted by Gasteiger charge is 2.46. The van der Waals surface area contributed by atoms with Gasteiger partial charge in [0, 0.05) is 5.56 Å². The highest BCUT2D eigenvalue weighted by molar-refractivity contribution is 5.58. The van der Waals surface area contributed by atoms with Gasteiger partial charge >= 0.3 is 6.18 Å². The molecule has 1 aromatic heterocycles. The predicted molar refractivity (Wildman–Crippen MR) is 94.3 cm³/mol. The molecule has 0 saturated carbocycles. The van der Waals surface area contributed by atoms with Crippen LogP contribution in [-0.2, 0) is 6.18 Å². The molecule has 1 aliphatic heterocycles. The van der Waals surface area contributed by atoms with E-state index in [0.29, 0.717) is 5.69 Å². The number of nitriles is 1. The van der Waals surface area contributed by atoms with Crippen LogP contribution in [0.5, 0.6) is 5.88 Å². The van der Waals surface area contributed by atoms with Gasteiger partial charge in [0.05, 0.1) is 17.2 Å². The van der Waals surface area contributed by atoms with Gasteiger partial charge in [0.2, 0.25) is 11.8 Å². The summed E-state index contributed by atoms with van der Waals surface area (Å²) in [7, 11) is 0. The molecule has 0 saturated heterocycles. The number of nitrogens with zero attached hydrogens (tertiary/aromatic N) is 3. The van der Waals surface area contributed by atoms with Gasteiger partial charge in [0.25, 0.3) is 0 Å². The van der Waals surface area contributed by atoms with Crippen LogP contribution in [0.2, 0.25) is 0 Å². The van der Waals surface area contributed by atoms with Gasteiger partial charge in [-0.1, -0.05) is 36.4 Å². The van der Waals surface area contributed by atoms with Crippen molar-refractivity contribution in [2.75, 3.05) is 0 Å². The molecule has 1 atom stereocenters. The van der Waals surface area contributed by atoms with Crippen LogP contribution in [0.15, 0.2) is 66.1 Å². The fourth-order valence-electron chi connectivity index (χ4n) is 3.31. The molecule has 29 heavy (non-hydrogen) atoms. The number of aromatic nitrogens is 2. The Hall–Kier alpha value is -3.80. The zero-order valence-electron chi connectivity index (χ0n) is 14.6.